The molecular weight excluding hydrogens is 497 g/mol. The summed E-state index contributed by atoms with van der Waals surface area (Å²) in [7, 11) is -2.95. The van der Waals surface area contributed by atoms with Crippen molar-refractivity contribution >= 4 is 32.6 Å². The van der Waals surface area contributed by atoms with Crippen LogP contribution < -0.4 is 20.8 Å². The first-order valence-electron chi connectivity index (χ1n) is 11.0. The second-order valence-corrected chi connectivity index (χ2v) is 9.65. The molecule has 9 nitrogen and oxygen atoms in total. The average Bonchev–Trinajstić information content (AvgIpc) is 2.89. The summed E-state index contributed by atoms with van der Waals surface area (Å²) in [5.41, 5.74) is 7.73. The van der Waals surface area contributed by atoms with Crippen molar-refractivity contribution in [1.82, 2.24) is 14.5 Å². The third-order valence-corrected chi connectivity index (χ3v) is 7.06. The summed E-state index contributed by atoms with van der Waals surface area (Å²) in [4.78, 5) is 21.4. The lowest BCUT2D eigenvalue weighted by atomic mass is 10.0. The molecule has 37 heavy (non-hydrogen) atoms. The highest BCUT2D eigenvalue weighted by Gasteiger charge is 2.21. The SMILES string of the molecule is COc1ncc(-c2ccc3nc(N)n(-c4ccccc4)c(=O)c3c2)cc1NS(=O)(=O)c1ccccc1F. The van der Waals surface area contributed by atoms with Crippen LogP contribution in [0.5, 0.6) is 5.88 Å². The predicted molar refractivity (Wildman–Crippen MR) is 139 cm³/mol. The lowest BCUT2D eigenvalue weighted by Gasteiger charge is -2.14. The van der Waals surface area contributed by atoms with Gasteiger partial charge in [-0.3, -0.25) is 9.52 Å². The summed E-state index contributed by atoms with van der Waals surface area (Å²) in [5.74, 6) is -0.855. The number of nitrogens with two attached hydrogens (primary N) is 1. The molecule has 0 fully saturated rings. The minimum Gasteiger partial charge on any atom is -0.480 e. The molecular formula is C26H20FN5O4S. The monoisotopic (exact) mass is 517 g/mol. The number of fused-ring (bicyclic) bond motifs is 1. The first-order chi connectivity index (χ1) is 17.8. The summed E-state index contributed by atoms with van der Waals surface area (Å²) in [6.07, 6.45) is 1.47. The Morgan fingerprint density at radius 2 is 1.70 bits per heavy atom. The van der Waals surface area contributed by atoms with E-state index in [-0.39, 0.29) is 23.1 Å². The van der Waals surface area contributed by atoms with Gasteiger partial charge in [0.2, 0.25) is 11.8 Å². The van der Waals surface area contributed by atoms with Gasteiger partial charge in [-0.05, 0) is 48.0 Å². The summed E-state index contributed by atoms with van der Waals surface area (Å²) in [6.45, 7) is 0. The number of nitrogens with one attached hydrogen (secondary N) is 1. The molecule has 0 aliphatic rings. The highest BCUT2D eigenvalue weighted by Crippen LogP contribution is 2.31. The van der Waals surface area contributed by atoms with Crippen LogP contribution >= 0.6 is 0 Å². The second-order valence-electron chi connectivity index (χ2n) is 7.99. The van der Waals surface area contributed by atoms with Gasteiger partial charge in [0.05, 0.1) is 23.7 Å². The number of hydrogen-bond donors (Lipinski definition) is 2. The van der Waals surface area contributed by atoms with E-state index in [1.165, 1.54) is 36.1 Å². The third kappa shape index (κ3) is 4.47. The molecule has 2 heterocycles. The fourth-order valence-electron chi connectivity index (χ4n) is 3.92. The molecule has 0 bridgehead atoms. The first kappa shape index (κ1) is 23.9. The van der Waals surface area contributed by atoms with Crippen molar-refractivity contribution < 1.29 is 17.5 Å². The first-order valence-corrected chi connectivity index (χ1v) is 12.5. The molecule has 0 aliphatic carbocycles. The molecule has 11 heteroatoms. The number of nitrogens with zero attached hydrogens (tertiary/aromatic N) is 3. The molecule has 0 amide bonds. The molecule has 3 N–H and O–H groups in total. The minimum absolute atomic E-state index is 0.000442. The maximum Gasteiger partial charge on any atom is 0.267 e. The van der Waals surface area contributed by atoms with E-state index < -0.39 is 20.7 Å². The van der Waals surface area contributed by atoms with E-state index in [1.807, 2.05) is 6.07 Å². The molecule has 0 radical (unpaired) electrons. The van der Waals surface area contributed by atoms with E-state index in [0.717, 1.165) is 12.1 Å². The van der Waals surface area contributed by atoms with E-state index in [9.17, 15) is 17.6 Å². The van der Waals surface area contributed by atoms with Crippen molar-refractivity contribution in [3.8, 4) is 22.7 Å². The van der Waals surface area contributed by atoms with Crippen LogP contribution in [0.2, 0.25) is 0 Å². The fourth-order valence-corrected chi connectivity index (χ4v) is 5.05. The molecule has 186 valence electrons. The van der Waals surface area contributed by atoms with Gasteiger partial charge >= 0.3 is 0 Å². The van der Waals surface area contributed by atoms with Gasteiger partial charge in [0.1, 0.15) is 16.4 Å². The number of pyridine rings is 1. The van der Waals surface area contributed by atoms with Crippen LogP contribution in [0.25, 0.3) is 27.7 Å². The standard InChI is InChI=1S/C26H20FN5O4S/c1-36-24-22(31-37(34,35)23-10-6-5-9-20(23)27)14-17(15-29-24)16-11-12-21-19(13-16)25(33)32(26(28)30-21)18-7-3-2-4-8-18/h2-15,31H,1H3,(H2,28,30). The van der Waals surface area contributed by atoms with E-state index >= 15 is 0 Å². The molecule has 0 saturated heterocycles. The third-order valence-electron chi connectivity index (χ3n) is 5.66. The van der Waals surface area contributed by atoms with Crippen molar-refractivity contribution in [1.29, 1.82) is 0 Å². The number of methoxy groups -OCH3 is 1. The molecule has 0 spiro atoms. The zero-order chi connectivity index (χ0) is 26.2. The van der Waals surface area contributed by atoms with Gasteiger partial charge in [-0.2, -0.15) is 0 Å². The van der Waals surface area contributed by atoms with E-state index in [4.69, 9.17) is 10.5 Å². The van der Waals surface area contributed by atoms with Crippen LogP contribution in [0.4, 0.5) is 16.0 Å². The van der Waals surface area contributed by atoms with Crippen molar-refractivity contribution in [3.63, 3.8) is 0 Å². The van der Waals surface area contributed by atoms with Crippen LogP contribution in [0.1, 0.15) is 0 Å². The van der Waals surface area contributed by atoms with Gasteiger partial charge in [-0.25, -0.2) is 27.3 Å². The molecule has 0 aliphatic heterocycles. The van der Waals surface area contributed by atoms with Crippen molar-refractivity contribution in [2.24, 2.45) is 0 Å². The van der Waals surface area contributed by atoms with Gasteiger partial charge in [-0.15, -0.1) is 0 Å². The number of aromatic nitrogens is 3. The number of para-hydroxylation sites is 1. The zero-order valence-electron chi connectivity index (χ0n) is 19.4. The highest BCUT2D eigenvalue weighted by atomic mass is 32.2. The van der Waals surface area contributed by atoms with E-state index in [1.54, 1.807) is 42.5 Å². The lowest BCUT2D eigenvalue weighted by molar-refractivity contribution is 0.400. The average molecular weight is 518 g/mol. The quantitative estimate of drug-likeness (QED) is 0.349. The summed E-state index contributed by atoms with van der Waals surface area (Å²) < 4.78 is 48.8. The number of sulfonamides is 1. The Hall–Kier alpha value is -4.77. The van der Waals surface area contributed by atoms with E-state index in [0.29, 0.717) is 27.7 Å². The van der Waals surface area contributed by atoms with Crippen LogP contribution in [0.3, 0.4) is 0 Å². The maximum absolute atomic E-state index is 14.2. The Balaban J connectivity index is 1.60. The summed E-state index contributed by atoms with van der Waals surface area (Å²) in [5, 5.41) is 0.305. The smallest absolute Gasteiger partial charge is 0.267 e. The Morgan fingerprint density at radius 3 is 2.43 bits per heavy atom. The highest BCUT2D eigenvalue weighted by molar-refractivity contribution is 7.92. The maximum atomic E-state index is 14.2. The molecule has 0 unspecified atom stereocenters. The minimum atomic E-state index is -4.28. The van der Waals surface area contributed by atoms with Gasteiger partial charge in [0, 0.05) is 11.8 Å². The van der Waals surface area contributed by atoms with Crippen molar-refractivity contribution in [2.75, 3.05) is 17.6 Å². The number of ether oxygens (including phenoxy) is 1. The van der Waals surface area contributed by atoms with Gasteiger partial charge in [0.15, 0.2) is 0 Å². The number of halogens is 1. The molecule has 3 aromatic carbocycles. The van der Waals surface area contributed by atoms with Crippen molar-refractivity contribution in [3.05, 3.63) is 101 Å². The number of hydrogen-bond acceptors (Lipinski definition) is 7. The Kier molecular flexibility index (Phi) is 6.06. The largest absolute Gasteiger partial charge is 0.480 e. The van der Waals surface area contributed by atoms with Crippen LogP contribution in [-0.2, 0) is 10.0 Å². The Morgan fingerprint density at radius 1 is 0.973 bits per heavy atom. The van der Waals surface area contributed by atoms with Crippen LogP contribution in [-0.4, -0.2) is 30.1 Å². The van der Waals surface area contributed by atoms with E-state index in [2.05, 4.69) is 14.7 Å². The normalized spacial score (nSPS) is 11.4. The van der Waals surface area contributed by atoms with Crippen molar-refractivity contribution in [2.45, 2.75) is 4.90 Å². The van der Waals surface area contributed by atoms with Gasteiger partial charge < -0.3 is 10.5 Å². The zero-order valence-corrected chi connectivity index (χ0v) is 20.2. The van der Waals surface area contributed by atoms with Crippen LogP contribution in [0.15, 0.2) is 94.7 Å². The summed E-state index contributed by atoms with van der Waals surface area (Å²) in [6, 6.07) is 20.4. The second kappa shape index (κ2) is 9.36. The Labute approximate surface area is 211 Å². The molecule has 5 rings (SSSR count). The molecule has 2 aromatic heterocycles. The molecule has 5 aromatic rings. The predicted octanol–water partition coefficient (Wildman–Crippen LogP) is 3.98. The van der Waals surface area contributed by atoms with Crippen LogP contribution in [0, 0.1) is 5.82 Å². The number of benzene rings is 3. The Bertz CT molecular complexity index is 1810. The topological polar surface area (TPSA) is 129 Å². The lowest BCUT2D eigenvalue weighted by Crippen LogP contribution is -2.23. The molecule has 0 saturated carbocycles. The van der Waals surface area contributed by atoms with Gasteiger partial charge in [-0.1, -0.05) is 36.4 Å². The van der Waals surface area contributed by atoms with Gasteiger partial charge in [0.25, 0.3) is 15.6 Å². The number of anilines is 2. The fraction of sp³-hybridized carbons (Fsp3) is 0.0385. The molecule has 0 atom stereocenters. The summed E-state index contributed by atoms with van der Waals surface area (Å²) >= 11 is 0. The number of nitrogen functional groups attached to an aromatic ring is 1. The number of rotatable bonds is 6.